The van der Waals surface area contributed by atoms with Crippen LogP contribution in [0.4, 0.5) is 0 Å². The highest BCUT2D eigenvalue weighted by molar-refractivity contribution is 8.00. The third-order valence-corrected chi connectivity index (χ3v) is 7.33. The second-order valence-corrected chi connectivity index (χ2v) is 10.7. The Balaban J connectivity index is 2.03. The van der Waals surface area contributed by atoms with Gasteiger partial charge in [0.25, 0.3) is 5.56 Å². The number of amides is 1. The molecule has 2 heterocycles. The molecule has 1 aliphatic carbocycles. The van der Waals surface area contributed by atoms with Gasteiger partial charge in [-0.05, 0) is 64.4 Å². The largest absolute Gasteiger partial charge is 0.353 e. The number of hydrogen-bond acceptors (Lipinski definition) is 5. The average Bonchev–Trinajstić information content (AvgIpc) is 2.98. The van der Waals surface area contributed by atoms with E-state index in [9.17, 15) is 9.59 Å². The lowest BCUT2D eigenvalue weighted by molar-refractivity contribution is -0.120. The Kier molecular flexibility index (Phi) is 6.86. The number of thiophene rings is 1. The highest BCUT2D eigenvalue weighted by Gasteiger charge is 2.24. The molecule has 1 aliphatic rings. The Morgan fingerprint density at radius 2 is 1.93 bits per heavy atom. The first-order valence-corrected chi connectivity index (χ1v) is 12.0. The topological polar surface area (TPSA) is 64.0 Å². The standard InChI is InChI=1S/C21H31N3O2S2/c1-12(2)10-11-24-20(26)17-15-8-6-7-9-16(15)28-19(17)23-21(24)27-14(5)18(25)22-13(3)4/h12-14H,6-11H2,1-5H3,(H,22,25)/t14-/m0/s1. The molecule has 0 unspecified atom stereocenters. The fraction of sp³-hybridized carbons (Fsp3) is 0.667. The van der Waals surface area contributed by atoms with E-state index < -0.39 is 0 Å². The van der Waals surface area contributed by atoms with Gasteiger partial charge in [0.05, 0.1) is 10.6 Å². The minimum Gasteiger partial charge on any atom is -0.353 e. The van der Waals surface area contributed by atoms with Gasteiger partial charge in [0, 0.05) is 17.5 Å². The first-order chi connectivity index (χ1) is 13.3. The number of thioether (sulfide) groups is 1. The zero-order valence-corrected chi connectivity index (χ0v) is 19.1. The van der Waals surface area contributed by atoms with Gasteiger partial charge in [-0.3, -0.25) is 14.2 Å². The van der Waals surface area contributed by atoms with Gasteiger partial charge in [0.1, 0.15) is 4.83 Å². The molecule has 1 atom stereocenters. The van der Waals surface area contributed by atoms with Crippen LogP contribution in [0, 0.1) is 5.92 Å². The van der Waals surface area contributed by atoms with E-state index >= 15 is 0 Å². The molecular weight excluding hydrogens is 390 g/mol. The van der Waals surface area contributed by atoms with Gasteiger partial charge in [0.15, 0.2) is 5.16 Å². The molecule has 0 spiro atoms. The van der Waals surface area contributed by atoms with Crippen LogP contribution in [0.5, 0.6) is 0 Å². The van der Waals surface area contributed by atoms with Crippen LogP contribution in [-0.4, -0.2) is 26.8 Å². The second-order valence-electron chi connectivity index (χ2n) is 8.35. The Labute approximate surface area is 175 Å². The third-order valence-electron chi connectivity index (χ3n) is 5.05. The summed E-state index contributed by atoms with van der Waals surface area (Å²) in [4.78, 5) is 32.9. The quantitative estimate of drug-likeness (QED) is 0.532. The number of nitrogens with zero attached hydrogens (tertiary/aromatic N) is 2. The Hall–Kier alpha value is -1.34. The number of carbonyl (C=O) groups excluding carboxylic acids is 1. The zero-order valence-electron chi connectivity index (χ0n) is 17.5. The monoisotopic (exact) mass is 421 g/mol. The van der Waals surface area contributed by atoms with Crippen LogP contribution < -0.4 is 10.9 Å². The van der Waals surface area contributed by atoms with Crippen molar-refractivity contribution in [2.45, 2.75) is 89.7 Å². The maximum atomic E-state index is 13.4. The molecule has 3 rings (SSSR count). The Morgan fingerprint density at radius 1 is 1.21 bits per heavy atom. The minimum absolute atomic E-state index is 0.0183. The van der Waals surface area contributed by atoms with Gasteiger partial charge in [-0.1, -0.05) is 25.6 Å². The summed E-state index contributed by atoms with van der Waals surface area (Å²) in [7, 11) is 0. The maximum Gasteiger partial charge on any atom is 0.263 e. The van der Waals surface area contributed by atoms with E-state index in [1.807, 2.05) is 25.3 Å². The number of aryl methyl sites for hydroxylation is 2. The van der Waals surface area contributed by atoms with Crippen molar-refractivity contribution in [2.75, 3.05) is 0 Å². The van der Waals surface area contributed by atoms with Gasteiger partial charge in [-0.25, -0.2) is 4.98 Å². The van der Waals surface area contributed by atoms with Gasteiger partial charge < -0.3 is 5.32 Å². The molecule has 0 bridgehead atoms. The first-order valence-electron chi connectivity index (χ1n) is 10.3. The smallest absolute Gasteiger partial charge is 0.263 e. The molecular formula is C21H31N3O2S2. The fourth-order valence-electron chi connectivity index (χ4n) is 3.51. The normalized spacial score (nSPS) is 15.2. The molecule has 2 aromatic heterocycles. The number of rotatable bonds is 7. The molecule has 2 aromatic rings. The lowest BCUT2D eigenvalue weighted by Crippen LogP contribution is -2.36. The van der Waals surface area contributed by atoms with E-state index in [1.54, 1.807) is 11.3 Å². The molecule has 1 N–H and O–H groups in total. The van der Waals surface area contributed by atoms with Crippen molar-refractivity contribution in [2.24, 2.45) is 5.92 Å². The number of hydrogen-bond donors (Lipinski definition) is 1. The molecule has 0 saturated carbocycles. The number of aromatic nitrogens is 2. The van der Waals surface area contributed by atoms with Crippen LogP contribution in [-0.2, 0) is 24.2 Å². The Morgan fingerprint density at radius 3 is 2.61 bits per heavy atom. The van der Waals surface area contributed by atoms with Crippen molar-refractivity contribution in [3.8, 4) is 0 Å². The molecule has 7 heteroatoms. The highest BCUT2D eigenvalue weighted by atomic mass is 32.2. The minimum atomic E-state index is -0.299. The maximum absolute atomic E-state index is 13.4. The van der Waals surface area contributed by atoms with Crippen LogP contribution in [0.2, 0.25) is 0 Å². The summed E-state index contributed by atoms with van der Waals surface area (Å²) in [6.45, 7) is 10.8. The van der Waals surface area contributed by atoms with Crippen LogP contribution in [0.1, 0.15) is 64.3 Å². The van der Waals surface area contributed by atoms with Crippen LogP contribution in [0.3, 0.4) is 0 Å². The molecule has 0 radical (unpaired) electrons. The average molecular weight is 422 g/mol. The van der Waals surface area contributed by atoms with Crippen LogP contribution in [0.15, 0.2) is 9.95 Å². The third kappa shape index (κ3) is 4.62. The van der Waals surface area contributed by atoms with E-state index in [-0.39, 0.29) is 22.8 Å². The van der Waals surface area contributed by atoms with Crippen molar-refractivity contribution in [1.82, 2.24) is 14.9 Å². The summed E-state index contributed by atoms with van der Waals surface area (Å²) in [5.41, 5.74) is 1.30. The van der Waals surface area contributed by atoms with Crippen molar-refractivity contribution in [3.63, 3.8) is 0 Å². The number of nitrogens with one attached hydrogen (secondary N) is 1. The van der Waals surface area contributed by atoms with Gasteiger partial charge >= 0.3 is 0 Å². The molecule has 1 amide bonds. The van der Waals surface area contributed by atoms with Gasteiger partial charge in [-0.15, -0.1) is 11.3 Å². The molecule has 0 aromatic carbocycles. The van der Waals surface area contributed by atoms with Gasteiger partial charge in [-0.2, -0.15) is 0 Å². The van der Waals surface area contributed by atoms with Crippen molar-refractivity contribution in [1.29, 1.82) is 0 Å². The van der Waals surface area contributed by atoms with Crippen molar-refractivity contribution in [3.05, 3.63) is 20.8 Å². The molecule has 28 heavy (non-hydrogen) atoms. The summed E-state index contributed by atoms with van der Waals surface area (Å²) < 4.78 is 1.81. The SMILES string of the molecule is CC(C)CCn1c(S[C@@H](C)C(=O)NC(C)C)nc2sc3c(c2c1=O)CCCC3. The second kappa shape index (κ2) is 8.99. The van der Waals surface area contributed by atoms with Gasteiger partial charge in [0.2, 0.25) is 5.91 Å². The Bertz CT molecular complexity index is 914. The molecule has 0 fully saturated rings. The summed E-state index contributed by atoms with van der Waals surface area (Å²) in [6.07, 6.45) is 5.29. The predicted molar refractivity (Wildman–Crippen MR) is 119 cm³/mol. The van der Waals surface area contributed by atoms with Crippen molar-refractivity contribution < 1.29 is 4.79 Å². The molecule has 0 aliphatic heterocycles. The summed E-state index contributed by atoms with van der Waals surface area (Å²) in [5.74, 6) is 0.480. The van der Waals surface area contributed by atoms with E-state index in [0.717, 1.165) is 35.9 Å². The molecule has 0 saturated heterocycles. The number of fused-ring (bicyclic) bond motifs is 3. The zero-order chi connectivity index (χ0) is 20.4. The van der Waals surface area contributed by atoms with Crippen LogP contribution >= 0.6 is 23.1 Å². The fourth-order valence-corrected chi connectivity index (χ4v) is 5.75. The predicted octanol–water partition coefficient (Wildman–Crippen LogP) is 4.39. The molecule has 154 valence electrons. The lowest BCUT2D eigenvalue weighted by atomic mass is 9.97. The van der Waals surface area contributed by atoms with E-state index in [4.69, 9.17) is 4.98 Å². The molecule has 5 nitrogen and oxygen atoms in total. The van der Waals surface area contributed by atoms with Crippen molar-refractivity contribution >= 4 is 39.2 Å². The first kappa shape index (κ1) is 21.4. The van der Waals surface area contributed by atoms with E-state index in [2.05, 4.69) is 19.2 Å². The summed E-state index contributed by atoms with van der Waals surface area (Å²) >= 11 is 3.06. The van der Waals surface area contributed by atoms with E-state index in [0.29, 0.717) is 17.6 Å². The highest BCUT2D eigenvalue weighted by Crippen LogP contribution is 2.35. The lowest BCUT2D eigenvalue weighted by Gasteiger charge is -2.17. The van der Waals surface area contributed by atoms with E-state index in [1.165, 1.54) is 28.6 Å². The number of carbonyl (C=O) groups is 1. The summed E-state index contributed by atoms with van der Waals surface area (Å²) in [5, 5.41) is 4.15. The van der Waals surface area contributed by atoms with Crippen LogP contribution in [0.25, 0.3) is 10.2 Å². The summed E-state index contributed by atoms with van der Waals surface area (Å²) in [6, 6.07) is 0.0955.